The number of anilines is 1. The van der Waals surface area contributed by atoms with Gasteiger partial charge < -0.3 is 10.6 Å². The molecule has 0 aliphatic carbocycles. The molecule has 0 radical (unpaired) electrons. The van der Waals surface area contributed by atoms with Crippen LogP contribution in [-0.4, -0.2) is 43.3 Å². The number of nitrogen functional groups attached to an aromatic ring is 1. The first-order chi connectivity index (χ1) is 9.32. The van der Waals surface area contributed by atoms with Crippen molar-refractivity contribution in [2.75, 3.05) is 23.8 Å². The third-order valence-corrected chi connectivity index (χ3v) is 5.17. The summed E-state index contributed by atoms with van der Waals surface area (Å²) in [5.41, 5.74) is 5.85. The van der Waals surface area contributed by atoms with Crippen molar-refractivity contribution in [2.24, 2.45) is 0 Å². The van der Waals surface area contributed by atoms with Gasteiger partial charge >= 0.3 is 0 Å². The van der Waals surface area contributed by atoms with Crippen LogP contribution in [0.2, 0.25) is 0 Å². The lowest BCUT2D eigenvalue weighted by Gasteiger charge is -2.27. The van der Waals surface area contributed by atoms with Crippen LogP contribution in [-0.2, 0) is 9.84 Å². The van der Waals surface area contributed by atoms with Crippen molar-refractivity contribution in [3.05, 3.63) is 29.6 Å². The maximum atomic E-state index is 13.3. The topological polar surface area (TPSA) is 80.5 Å². The monoisotopic (exact) mass is 300 g/mol. The smallest absolute Gasteiger partial charge is 0.254 e. The van der Waals surface area contributed by atoms with Crippen LogP contribution in [0.25, 0.3) is 0 Å². The number of benzene rings is 1. The molecule has 1 aromatic rings. The summed E-state index contributed by atoms with van der Waals surface area (Å²) in [6.45, 7) is 2.14. The predicted molar refractivity (Wildman–Crippen MR) is 74.6 cm³/mol. The lowest BCUT2D eigenvalue weighted by molar-refractivity contribution is 0.0708. The third-order valence-electron chi connectivity index (χ3n) is 3.42. The number of halogens is 1. The number of carbonyl (C=O) groups excluding carboxylic acids is 1. The second kappa shape index (κ2) is 5.40. The van der Waals surface area contributed by atoms with E-state index in [0.717, 1.165) is 12.1 Å². The van der Waals surface area contributed by atoms with Crippen LogP contribution >= 0.6 is 0 Å². The molecule has 0 saturated carbocycles. The summed E-state index contributed by atoms with van der Waals surface area (Å²) in [6.07, 6.45) is 0.423. The second-order valence-corrected chi connectivity index (χ2v) is 7.15. The molecule has 1 saturated heterocycles. The zero-order valence-corrected chi connectivity index (χ0v) is 12.0. The van der Waals surface area contributed by atoms with E-state index in [9.17, 15) is 17.6 Å². The molecule has 0 aromatic heterocycles. The largest absolute Gasteiger partial charge is 0.399 e. The molecule has 0 bridgehead atoms. The lowest BCUT2D eigenvalue weighted by Crippen LogP contribution is -2.41. The number of amides is 1. The van der Waals surface area contributed by atoms with Crippen molar-refractivity contribution < 1.29 is 17.6 Å². The average molecular weight is 300 g/mol. The Morgan fingerprint density at radius 2 is 2.15 bits per heavy atom. The highest BCUT2D eigenvalue weighted by Crippen LogP contribution is 2.21. The number of nitrogens with zero attached hydrogens (tertiary/aromatic N) is 1. The standard InChI is InChI=1S/C13H17FN2O3S/c1-2-16(12-3-4-20(18,19)8-12)13(17)9-5-10(14)7-11(15)6-9/h5-7,12H,2-4,8,15H2,1H3. The van der Waals surface area contributed by atoms with E-state index in [1.165, 1.54) is 11.0 Å². The highest BCUT2D eigenvalue weighted by atomic mass is 32.2. The maximum Gasteiger partial charge on any atom is 0.254 e. The summed E-state index contributed by atoms with van der Waals surface area (Å²) < 4.78 is 36.3. The Kier molecular flexibility index (Phi) is 3.99. The molecular formula is C13H17FN2O3S. The first-order valence-electron chi connectivity index (χ1n) is 6.40. The number of nitrogens with two attached hydrogens (primary N) is 1. The molecule has 5 nitrogen and oxygen atoms in total. The van der Waals surface area contributed by atoms with Gasteiger partial charge in [0.15, 0.2) is 9.84 Å². The van der Waals surface area contributed by atoms with E-state index in [2.05, 4.69) is 0 Å². The van der Waals surface area contributed by atoms with Crippen molar-refractivity contribution >= 4 is 21.4 Å². The van der Waals surface area contributed by atoms with Crippen molar-refractivity contribution in [2.45, 2.75) is 19.4 Å². The van der Waals surface area contributed by atoms with E-state index in [1.807, 2.05) is 0 Å². The van der Waals surface area contributed by atoms with Gasteiger partial charge in [-0.25, -0.2) is 12.8 Å². The van der Waals surface area contributed by atoms with Gasteiger partial charge in [-0.15, -0.1) is 0 Å². The molecule has 1 atom stereocenters. The van der Waals surface area contributed by atoms with Crippen molar-refractivity contribution in [1.82, 2.24) is 4.90 Å². The minimum atomic E-state index is -3.08. The highest BCUT2D eigenvalue weighted by molar-refractivity contribution is 7.91. The summed E-state index contributed by atoms with van der Waals surface area (Å²) in [7, 11) is -3.08. The van der Waals surface area contributed by atoms with E-state index in [-0.39, 0.29) is 34.7 Å². The third kappa shape index (κ3) is 3.09. The molecule has 110 valence electrons. The quantitative estimate of drug-likeness (QED) is 0.846. The van der Waals surface area contributed by atoms with Crippen molar-refractivity contribution in [3.63, 3.8) is 0 Å². The van der Waals surface area contributed by atoms with E-state index >= 15 is 0 Å². The summed E-state index contributed by atoms with van der Waals surface area (Å²) in [4.78, 5) is 13.9. The predicted octanol–water partition coefficient (Wildman–Crippen LogP) is 1.06. The van der Waals surface area contributed by atoms with Crippen LogP contribution < -0.4 is 5.73 Å². The fourth-order valence-electron chi connectivity index (χ4n) is 2.49. The van der Waals surface area contributed by atoms with Gasteiger partial charge in [-0.3, -0.25) is 4.79 Å². The molecule has 1 heterocycles. The molecule has 0 spiro atoms. The molecule has 1 fully saturated rings. The van der Waals surface area contributed by atoms with Gasteiger partial charge in [0.1, 0.15) is 5.82 Å². The van der Waals surface area contributed by atoms with E-state index in [4.69, 9.17) is 5.73 Å². The Hall–Kier alpha value is -1.63. The van der Waals surface area contributed by atoms with Crippen molar-refractivity contribution in [1.29, 1.82) is 0 Å². The molecule has 1 aliphatic rings. The fourth-order valence-corrected chi connectivity index (χ4v) is 4.22. The SMILES string of the molecule is CCN(C(=O)c1cc(N)cc(F)c1)C1CCS(=O)(=O)C1. The number of hydrogen-bond donors (Lipinski definition) is 1. The molecule has 20 heavy (non-hydrogen) atoms. The molecular weight excluding hydrogens is 283 g/mol. The van der Waals surface area contributed by atoms with Gasteiger partial charge in [-0.1, -0.05) is 0 Å². The second-order valence-electron chi connectivity index (χ2n) is 4.92. The highest BCUT2D eigenvalue weighted by Gasteiger charge is 2.34. The molecule has 2 N–H and O–H groups in total. The number of hydrogen-bond acceptors (Lipinski definition) is 4. The fraction of sp³-hybridized carbons (Fsp3) is 0.462. The Labute approximate surface area is 117 Å². The normalized spacial score (nSPS) is 20.8. The van der Waals surface area contributed by atoms with Crippen LogP contribution in [0.3, 0.4) is 0 Å². The molecule has 2 rings (SSSR count). The van der Waals surface area contributed by atoms with Crippen LogP contribution in [0.5, 0.6) is 0 Å². The zero-order valence-electron chi connectivity index (χ0n) is 11.2. The molecule has 1 aromatic carbocycles. The van der Waals surface area contributed by atoms with Gasteiger partial charge in [0.25, 0.3) is 5.91 Å². The molecule has 1 aliphatic heterocycles. The minimum Gasteiger partial charge on any atom is -0.399 e. The van der Waals surface area contributed by atoms with E-state index in [0.29, 0.717) is 13.0 Å². The molecule has 1 unspecified atom stereocenters. The minimum absolute atomic E-state index is 0.0304. The lowest BCUT2D eigenvalue weighted by atomic mass is 10.1. The Bertz CT molecular complexity index is 610. The Morgan fingerprint density at radius 1 is 1.45 bits per heavy atom. The Balaban J connectivity index is 2.25. The summed E-state index contributed by atoms with van der Waals surface area (Å²) in [5.74, 6) is -0.909. The van der Waals surface area contributed by atoms with Crippen LogP contribution in [0.15, 0.2) is 18.2 Å². The van der Waals surface area contributed by atoms with Gasteiger partial charge in [0.2, 0.25) is 0 Å². The summed E-state index contributed by atoms with van der Waals surface area (Å²) >= 11 is 0. The van der Waals surface area contributed by atoms with Gasteiger partial charge in [0.05, 0.1) is 11.5 Å². The van der Waals surface area contributed by atoms with Crippen molar-refractivity contribution in [3.8, 4) is 0 Å². The van der Waals surface area contributed by atoms with Gasteiger partial charge in [0, 0.05) is 23.8 Å². The molecule has 1 amide bonds. The molecule has 7 heteroatoms. The zero-order chi connectivity index (χ0) is 14.9. The maximum absolute atomic E-state index is 13.3. The first-order valence-corrected chi connectivity index (χ1v) is 8.22. The number of carbonyl (C=O) groups is 1. The first kappa shape index (κ1) is 14.8. The summed E-state index contributed by atoms with van der Waals surface area (Å²) in [5, 5.41) is 0. The van der Waals surface area contributed by atoms with Crippen LogP contribution in [0, 0.1) is 5.82 Å². The van der Waals surface area contributed by atoms with E-state index < -0.39 is 15.7 Å². The number of sulfone groups is 1. The van der Waals surface area contributed by atoms with Crippen LogP contribution in [0.1, 0.15) is 23.7 Å². The average Bonchev–Trinajstić information content (AvgIpc) is 2.69. The van der Waals surface area contributed by atoms with E-state index in [1.54, 1.807) is 6.92 Å². The number of rotatable bonds is 3. The van der Waals surface area contributed by atoms with Gasteiger partial charge in [-0.2, -0.15) is 0 Å². The Morgan fingerprint density at radius 3 is 2.65 bits per heavy atom. The van der Waals surface area contributed by atoms with Crippen LogP contribution in [0.4, 0.5) is 10.1 Å². The summed E-state index contributed by atoms with van der Waals surface area (Å²) in [6, 6.07) is 3.30. The van der Waals surface area contributed by atoms with Gasteiger partial charge in [-0.05, 0) is 31.5 Å².